The number of rotatable bonds is 4. The van der Waals surface area contributed by atoms with Crippen LogP contribution in [0.25, 0.3) is 0 Å². The smallest absolute Gasteiger partial charge is 0.243 e. The highest BCUT2D eigenvalue weighted by molar-refractivity contribution is 7.89. The number of nitrogens with zero attached hydrogens (tertiary/aromatic N) is 1. The molecule has 1 rings (SSSR count). The minimum atomic E-state index is -3.71. The summed E-state index contributed by atoms with van der Waals surface area (Å²) in [5.74, 6) is -0.723. The molecule has 2 N–H and O–H groups in total. The van der Waals surface area contributed by atoms with Gasteiger partial charge < -0.3 is 5.73 Å². The van der Waals surface area contributed by atoms with Gasteiger partial charge >= 0.3 is 0 Å². The van der Waals surface area contributed by atoms with Crippen LogP contribution in [0.3, 0.4) is 0 Å². The first kappa shape index (κ1) is 14.9. The number of benzene rings is 1. The third kappa shape index (κ3) is 2.64. The SMILES string of the molecule is CCC(C)(C)N(C)S(=O)(=O)c1ccc(N)c(F)c1. The molecule has 18 heavy (non-hydrogen) atoms. The van der Waals surface area contributed by atoms with Crippen molar-refractivity contribution in [1.29, 1.82) is 0 Å². The van der Waals surface area contributed by atoms with E-state index in [1.165, 1.54) is 23.5 Å². The molecule has 1 aromatic rings. The molecule has 0 saturated heterocycles. The summed E-state index contributed by atoms with van der Waals surface area (Å²) in [4.78, 5) is -0.0850. The van der Waals surface area contributed by atoms with Gasteiger partial charge in [-0.15, -0.1) is 0 Å². The van der Waals surface area contributed by atoms with Crippen molar-refractivity contribution in [3.8, 4) is 0 Å². The van der Waals surface area contributed by atoms with Crippen molar-refractivity contribution in [2.24, 2.45) is 0 Å². The van der Waals surface area contributed by atoms with Gasteiger partial charge in [0, 0.05) is 12.6 Å². The van der Waals surface area contributed by atoms with E-state index in [1.807, 2.05) is 20.8 Å². The first-order chi connectivity index (χ1) is 8.13. The highest BCUT2D eigenvalue weighted by atomic mass is 32.2. The van der Waals surface area contributed by atoms with Crippen LogP contribution in [-0.2, 0) is 10.0 Å². The van der Waals surface area contributed by atoms with Gasteiger partial charge in [0.1, 0.15) is 5.82 Å². The monoisotopic (exact) mass is 274 g/mol. The first-order valence-corrected chi connectivity index (χ1v) is 7.11. The van der Waals surface area contributed by atoms with E-state index in [1.54, 1.807) is 0 Å². The van der Waals surface area contributed by atoms with Crippen molar-refractivity contribution in [3.63, 3.8) is 0 Å². The highest BCUT2D eigenvalue weighted by Crippen LogP contribution is 2.26. The summed E-state index contributed by atoms with van der Waals surface area (Å²) in [6, 6.07) is 3.53. The molecule has 0 aromatic heterocycles. The summed E-state index contributed by atoms with van der Waals surface area (Å²) in [6.07, 6.45) is 0.653. The van der Waals surface area contributed by atoms with Gasteiger partial charge in [0.2, 0.25) is 10.0 Å². The second kappa shape index (κ2) is 4.85. The number of nitrogen functional groups attached to an aromatic ring is 1. The molecule has 0 bridgehead atoms. The van der Waals surface area contributed by atoms with Gasteiger partial charge in [0.05, 0.1) is 10.6 Å². The van der Waals surface area contributed by atoms with Gasteiger partial charge in [-0.25, -0.2) is 12.8 Å². The Labute approximate surface area is 108 Å². The van der Waals surface area contributed by atoms with Crippen LogP contribution in [0.5, 0.6) is 0 Å². The molecular formula is C12H19FN2O2S. The molecule has 0 heterocycles. The Morgan fingerprint density at radius 1 is 1.39 bits per heavy atom. The van der Waals surface area contributed by atoms with Gasteiger partial charge in [0.15, 0.2) is 0 Å². The number of hydrogen-bond donors (Lipinski definition) is 1. The van der Waals surface area contributed by atoms with E-state index >= 15 is 0 Å². The zero-order valence-electron chi connectivity index (χ0n) is 11.1. The fourth-order valence-electron chi connectivity index (χ4n) is 1.37. The quantitative estimate of drug-likeness (QED) is 0.856. The van der Waals surface area contributed by atoms with E-state index in [-0.39, 0.29) is 10.6 Å². The second-order valence-electron chi connectivity index (χ2n) is 4.82. The fourth-order valence-corrected chi connectivity index (χ4v) is 2.96. The average molecular weight is 274 g/mol. The lowest BCUT2D eigenvalue weighted by Gasteiger charge is -2.33. The van der Waals surface area contributed by atoms with Gasteiger partial charge in [-0.1, -0.05) is 6.92 Å². The molecule has 0 aliphatic carbocycles. The Morgan fingerprint density at radius 3 is 2.39 bits per heavy atom. The molecule has 0 saturated carbocycles. The molecule has 1 aromatic carbocycles. The summed E-state index contributed by atoms with van der Waals surface area (Å²) >= 11 is 0. The molecule has 0 atom stereocenters. The summed E-state index contributed by atoms with van der Waals surface area (Å²) < 4.78 is 39.2. The lowest BCUT2D eigenvalue weighted by atomic mass is 10.0. The summed E-state index contributed by atoms with van der Waals surface area (Å²) in [5.41, 5.74) is 4.74. The van der Waals surface area contributed by atoms with Gasteiger partial charge in [-0.3, -0.25) is 0 Å². The van der Waals surface area contributed by atoms with Crippen LogP contribution in [0.4, 0.5) is 10.1 Å². The van der Waals surface area contributed by atoms with Crippen LogP contribution in [0.1, 0.15) is 27.2 Å². The Kier molecular flexibility index (Phi) is 4.02. The molecule has 102 valence electrons. The maximum absolute atomic E-state index is 13.3. The lowest BCUT2D eigenvalue weighted by molar-refractivity contribution is 0.257. The van der Waals surface area contributed by atoms with Crippen molar-refractivity contribution in [2.45, 2.75) is 37.6 Å². The molecule has 0 radical (unpaired) electrons. The Bertz CT molecular complexity index is 541. The lowest BCUT2D eigenvalue weighted by Crippen LogP contribution is -2.44. The summed E-state index contributed by atoms with van der Waals surface area (Å²) in [5, 5.41) is 0. The number of anilines is 1. The summed E-state index contributed by atoms with van der Waals surface area (Å²) in [7, 11) is -2.22. The number of nitrogens with two attached hydrogens (primary N) is 1. The standard InChI is InChI=1S/C12H19FN2O2S/c1-5-12(2,3)15(4)18(16,17)9-6-7-11(14)10(13)8-9/h6-8H,5,14H2,1-4H3. The van der Waals surface area contributed by atoms with Gasteiger partial charge in [-0.2, -0.15) is 4.31 Å². The molecule has 6 heteroatoms. The molecule has 0 aliphatic rings. The van der Waals surface area contributed by atoms with Crippen molar-refractivity contribution >= 4 is 15.7 Å². The predicted molar refractivity (Wildman–Crippen MR) is 70.1 cm³/mol. The van der Waals surface area contributed by atoms with Crippen LogP contribution >= 0.6 is 0 Å². The maximum atomic E-state index is 13.3. The van der Waals surface area contributed by atoms with Crippen molar-refractivity contribution < 1.29 is 12.8 Å². The topological polar surface area (TPSA) is 63.4 Å². The normalized spacial score (nSPS) is 13.0. The van der Waals surface area contributed by atoms with Crippen LogP contribution in [0.2, 0.25) is 0 Å². The highest BCUT2D eigenvalue weighted by Gasteiger charge is 2.32. The minimum Gasteiger partial charge on any atom is -0.396 e. The van der Waals surface area contributed by atoms with Crippen LogP contribution in [0, 0.1) is 5.82 Å². The molecule has 0 aliphatic heterocycles. The van der Waals surface area contributed by atoms with E-state index in [2.05, 4.69) is 0 Å². The van der Waals surface area contributed by atoms with E-state index in [9.17, 15) is 12.8 Å². The van der Waals surface area contributed by atoms with Crippen molar-refractivity contribution in [2.75, 3.05) is 12.8 Å². The number of sulfonamides is 1. The molecular weight excluding hydrogens is 255 g/mol. The second-order valence-corrected chi connectivity index (χ2v) is 6.79. The predicted octanol–water partition coefficient (Wildman–Crippen LogP) is 2.22. The molecule has 4 nitrogen and oxygen atoms in total. The summed E-state index contributed by atoms with van der Waals surface area (Å²) in [6.45, 7) is 5.53. The van der Waals surface area contributed by atoms with E-state index in [0.717, 1.165) is 6.07 Å². The molecule has 0 fully saturated rings. The molecule has 0 amide bonds. The van der Waals surface area contributed by atoms with Crippen molar-refractivity contribution in [3.05, 3.63) is 24.0 Å². The number of halogens is 1. The van der Waals surface area contributed by atoms with Gasteiger partial charge in [-0.05, 0) is 38.5 Å². The van der Waals surface area contributed by atoms with E-state index < -0.39 is 21.4 Å². The minimum absolute atomic E-state index is 0.0636. The Morgan fingerprint density at radius 2 is 1.94 bits per heavy atom. The van der Waals surface area contributed by atoms with E-state index in [4.69, 9.17) is 5.73 Å². The average Bonchev–Trinajstić information content (AvgIpc) is 2.31. The third-order valence-electron chi connectivity index (χ3n) is 3.35. The zero-order valence-corrected chi connectivity index (χ0v) is 11.9. The largest absolute Gasteiger partial charge is 0.396 e. The Balaban J connectivity index is 3.26. The number of hydrogen-bond acceptors (Lipinski definition) is 3. The van der Waals surface area contributed by atoms with Crippen LogP contribution in [0.15, 0.2) is 23.1 Å². The molecule has 0 spiro atoms. The first-order valence-electron chi connectivity index (χ1n) is 5.67. The third-order valence-corrected chi connectivity index (χ3v) is 5.41. The zero-order chi connectivity index (χ0) is 14.1. The van der Waals surface area contributed by atoms with Crippen molar-refractivity contribution in [1.82, 2.24) is 4.31 Å². The van der Waals surface area contributed by atoms with Gasteiger partial charge in [0.25, 0.3) is 0 Å². The maximum Gasteiger partial charge on any atom is 0.243 e. The fraction of sp³-hybridized carbons (Fsp3) is 0.500. The Hall–Kier alpha value is -1.14. The van der Waals surface area contributed by atoms with Crippen LogP contribution < -0.4 is 5.73 Å². The molecule has 0 unspecified atom stereocenters. The van der Waals surface area contributed by atoms with Crippen LogP contribution in [-0.4, -0.2) is 25.3 Å². The van der Waals surface area contributed by atoms with E-state index in [0.29, 0.717) is 6.42 Å².